The standard InChI is InChI=1S/C19H18BSi.2C7H8B/c1-21(18-13-7-3-8-14-18,19-15-9-4-10-16-19)20-17-11-5-2-6-12-17;2*1-8-7-5-3-2-4-6-7/h2-16H,1H3;2*2-6H,1H3. The smallest absolute Gasteiger partial charge is 0.0898 e. The predicted octanol–water partition coefficient (Wildman–Crippen LogP) is 4.53. The summed E-state index contributed by atoms with van der Waals surface area (Å²) in [7, 11) is 2.30. The average Bonchev–Trinajstić information content (AvgIpc) is 3.00. The van der Waals surface area contributed by atoms with Crippen molar-refractivity contribution in [2.45, 2.75) is 20.2 Å². The lowest BCUT2D eigenvalue weighted by Crippen LogP contribution is -2.63. The summed E-state index contributed by atoms with van der Waals surface area (Å²) >= 11 is 0. The van der Waals surface area contributed by atoms with Gasteiger partial charge in [0.15, 0.2) is 6.87 Å². The Labute approximate surface area is 227 Å². The van der Waals surface area contributed by atoms with Crippen LogP contribution in [0.2, 0.25) is 20.2 Å². The largest absolute Gasteiger partial charge is 0.156 e. The maximum Gasteiger partial charge on any atom is 0.156 e. The monoisotopic (exact) mass is 491 g/mol. The minimum Gasteiger partial charge on any atom is -0.0898 e. The fourth-order valence-corrected chi connectivity index (χ4v) is 7.37. The zero-order chi connectivity index (χ0) is 26.2. The third kappa shape index (κ3) is 9.15. The molecule has 0 aliphatic rings. The Hall–Kier alpha value is -3.49. The van der Waals surface area contributed by atoms with Crippen LogP contribution in [-0.2, 0) is 0 Å². The van der Waals surface area contributed by atoms with E-state index in [1.807, 2.05) is 50.0 Å². The normalized spacial score (nSPS) is 10.0. The van der Waals surface area contributed by atoms with Crippen LogP contribution in [0.15, 0.2) is 152 Å². The van der Waals surface area contributed by atoms with Gasteiger partial charge in [0, 0.05) is 0 Å². The molecule has 0 atom stereocenters. The van der Waals surface area contributed by atoms with Crippen molar-refractivity contribution >= 4 is 56.1 Å². The van der Waals surface area contributed by atoms with Crippen molar-refractivity contribution in [1.29, 1.82) is 0 Å². The molecule has 0 nitrogen and oxygen atoms in total. The summed E-state index contributed by atoms with van der Waals surface area (Å²) in [5.74, 6) is 0. The molecule has 0 aromatic heterocycles. The summed E-state index contributed by atoms with van der Waals surface area (Å²) < 4.78 is 0. The van der Waals surface area contributed by atoms with Crippen molar-refractivity contribution < 1.29 is 0 Å². The van der Waals surface area contributed by atoms with Gasteiger partial charge < -0.3 is 0 Å². The van der Waals surface area contributed by atoms with E-state index in [0.717, 1.165) is 0 Å². The minimum absolute atomic E-state index is 1.28. The Balaban J connectivity index is 0.000000194. The molecule has 0 heterocycles. The molecule has 0 bridgehead atoms. The van der Waals surface area contributed by atoms with Crippen molar-refractivity contribution in [3.8, 4) is 0 Å². The van der Waals surface area contributed by atoms with E-state index >= 15 is 0 Å². The molecule has 0 unspecified atom stereocenters. The van der Waals surface area contributed by atoms with Gasteiger partial charge in [0.2, 0.25) is 0 Å². The molecule has 0 fully saturated rings. The third-order valence-electron chi connectivity index (χ3n) is 6.27. The lowest BCUT2D eigenvalue weighted by atomic mass is 9.74. The van der Waals surface area contributed by atoms with E-state index in [4.69, 9.17) is 0 Å². The van der Waals surface area contributed by atoms with E-state index in [1.165, 1.54) is 26.8 Å². The summed E-state index contributed by atoms with van der Waals surface area (Å²) in [6, 6.07) is 53.0. The lowest BCUT2D eigenvalue weighted by Gasteiger charge is -2.28. The van der Waals surface area contributed by atoms with Gasteiger partial charge in [-0.1, -0.05) is 199 Å². The van der Waals surface area contributed by atoms with Gasteiger partial charge in [-0.2, -0.15) is 0 Å². The second kappa shape index (κ2) is 15.6. The Bertz CT molecular complexity index is 1170. The van der Waals surface area contributed by atoms with Crippen LogP contribution in [0.4, 0.5) is 0 Å². The summed E-state index contributed by atoms with van der Waals surface area (Å²) in [5.41, 5.74) is 3.87. The van der Waals surface area contributed by atoms with E-state index in [-0.39, 0.29) is 0 Å². The van der Waals surface area contributed by atoms with Crippen molar-refractivity contribution in [1.82, 2.24) is 0 Å². The van der Waals surface area contributed by atoms with E-state index in [0.29, 0.717) is 0 Å². The van der Waals surface area contributed by atoms with Crippen LogP contribution in [0.5, 0.6) is 0 Å². The van der Waals surface area contributed by atoms with Crippen LogP contribution in [-0.4, -0.2) is 29.4 Å². The van der Waals surface area contributed by atoms with E-state index in [2.05, 4.69) is 143 Å². The second-order valence-electron chi connectivity index (χ2n) is 8.89. The summed E-state index contributed by atoms with van der Waals surface area (Å²) in [5, 5.41) is 2.89. The van der Waals surface area contributed by atoms with E-state index in [9.17, 15) is 0 Å². The van der Waals surface area contributed by atoms with Gasteiger partial charge in [0.1, 0.15) is 14.6 Å². The zero-order valence-electron chi connectivity index (χ0n) is 22.2. The first kappa shape index (κ1) is 28.1. The highest BCUT2D eigenvalue weighted by molar-refractivity contribution is 7.40. The SMILES string of the molecule is C[B]c1ccccc1.C[B]c1ccccc1.C[Si]([B]c1ccccc1)(c1ccccc1)c1ccccc1. The van der Waals surface area contributed by atoms with Crippen molar-refractivity contribution in [3.63, 3.8) is 0 Å². The molecule has 0 spiro atoms. The first-order valence-electron chi connectivity index (χ1n) is 12.9. The second-order valence-corrected chi connectivity index (χ2v) is 12.7. The molecule has 0 amide bonds. The highest BCUT2D eigenvalue weighted by atomic mass is 28.3. The molecule has 0 saturated carbocycles. The molecular formula is C33H34B3Si. The minimum atomic E-state index is -1.87. The highest BCUT2D eigenvalue weighted by Gasteiger charge is 2.32. The summed E-state index contributed by atoms with van der Waals surface area (Å²) in [4.78, 5) is 0. The van der Waals surface area contributed by atoms with Crippen molar-refractivity contribution in [3.05, 3.63) is 152 Å². The third-order valence-corrected chi connectivity index (χ3v) is 10.2. The van der Waals surface area contributed by atoms with Gasteiger partial charge in [-0.05, 0) is 0 Å². The molecule has 4 heteroatoms. The average molecular weight is 491 g/mol. The zero-order valence-corrected chi connectivity index (χ0v) is 23.2. The van der Waals surface area contributed by atoms with Gasteiger partial charge in [0.25, 0.3) is 0 Å². The molecule has 0 N–H and O–H groups in total. The molecule has 0 aliphatic heterocycles. The topological polar surface area (TPSA) is 0 Å². The fraction of sp³-hybridized carbons (Fsp3) is 0.0909. The molecule has 179 valence electrons. The number of rotatable bonds is 6. The lowest BCUT2D eigenvalue weighted by molar-refractivity contribution is 1.71. The number of hydrogen-bond donors (Lipinski definition) is 0. The van der Waals surface area contributed by atoms with Crippen LogP contribution in [0.1, 0.15) is 0 Å². The summed E-state index contributed by atoms with van der Waals surface area (Å²) in [6.07, 6.45) is 0. The maximum atomic E-state index is 2.48. The maximum absolute atomic E-state index is 2.48. The van der Waals surface area contributed by atoms with Crippen LogP contribution in [0.3, 0.4) is 0 Å². The van der Waals surface area contributed by atoms with E-state index < -0.39 is 7.94 Å². The first-order valence-corrected chi connectivity index (χ1v) is 15.4. The molecule has 3 radical (unpaired) electrons. The molecule has 5 aromatic carbocycles. The first-order chi connectivity index (χ1) is 18.2. The Morgan fingerprint density at radius 2 is 0.649 bits per heavy atom. The quantitative estimate of drug-likeness (QED) is 0.307. The molecular weight excluding hydrogens is 457 g/mol. The van der Waals surface area contributed by atoms with Gasteiger partial charge in [0.05, 0.1) is 7.94 Å². The van der Waals surface area contributed by atoms with Gasteiger partial charge in [-0.3, -0.25) is 0 Å². The summed E-state index contributed by atoms with van der Waals surface area (Å²) in [6.45, 7) is 8.98. The molecule has 0 aliphatic carbocycles. The van der Waals surface area contributed by atoms with Gasteiger partial charge in [-0.25, -0.2) is 0 Å². The Morgan fingerprint density at radius 1 is 0.378 bits per heavy atom. The van der Waals surface area contributed by atoms with Crippen LogP contribution in [0.25, 0.3) is 0 Å². The van der Waals surface area contributed by atoms with Crippen LogP contribution < -0.4 is 26.8 Å². The van der Waals surface area contributed by atoms with Crippen LogP contribution >= 0.6 is 0 Å². The Kier molecular flexibility index (Phi) is 11.8. The fourth-order valence-electron chi connectivity index (χ4n) is 4.08. The Morgan fingerprint density at radius 3 is 0.919 bits per heavy atom. The molecule has 5 rings (SSSR count). The number of benzene rings is 5. The van der Waals surface area contributed by atoms with Gasteiger partial charge in [-0.15, -0.1) is 0 Å². The van der Waals surface area contributed by atoms with E-state index in [1.54, 1.807) is 0 Å². The van der Waals surface area contributed by atoms with Gasteiger partial charge >= 0.3 is 0 Å². The molecule has 37 heavy (non-hydrogen) atoms. The molecule has 0 saturated heterocycles. The van der Waals surface area contributed by atoms with Crippen molar-refractivity contribution in [2.24, 2.45) is 0 Å². The van der Waals surface area contributed by atoms with Crippen molar-refractivity contribution in [2.75, 3.05) is 0 Å². The predicted molar refractivity (Wildman–Crippen MR) is 171 cm³/mol. The molecule has 5 aromatic rings. The highest BCUT2D eigenvalue weighted by Crippen LogP contribution is 2.04. The number of hydrogen-bond acceptors (Lipinski definition) is 0. The van der Waals surface area contributed by atoms with Crippen LogP contribution in [0, 0.1) is 0 Å².